The lowest BCUT2D eigenvalue weighted by Gasteiger charge is -2.15. The van der Waals surface area contributed by atoms with E-state index in [1.165, 1.54) is 0 Å². The van der Waals surface area contributed by atoms with Crippen molar-refractivity contribution in [2.24, 2.45) is 7.05 Å². The average Bonchev–Trinajstić information content (AvgIpc) is 3.53. The van der Waals surface area contributed by atoms with Crippen LogP contribution in [0, 0.1) is 0 Å². The van der Waals surface area contributed by atoms with Crippen molar-refractivity contribution in [3.05, 3.63) is 77.2 Å². The summed E-state index contributed by atoms with van der Waals surface area (Å²) in [6.45, 7) is 4.05. The summed E-state index contributed by atoms with van der Waals surface area (Å²) in [5.41, 5.74) is 5.08. The molecule has 8 nitrogen and oxygen atoms in total. The fourth-order valence-corrected chi connectivity index (χ4v) is 4.61. The molecule has 0 atom stereocenters. The zero-order valence-electron chi connectivity index (χ0n) is 21.0. The Morgan fingerprint density at radius 2 is 1.92 bits per heavy atom. The van der Waals surface area contributed by atoms with Crippen molar-refractivity contribution in [3.63, 3.8) is 0 Å². The number of amides is 1. The Kier molecular flexibility index (Phi) is 6.78. The highest BCUT2D eigenvalue weighted by Crippen LogP contribution is 2.36. The van der Waals surface area contributed by atoms with E-state index in [4.69, 9.17) is 14.5 Å². The molecule has 0 unspecified atom stereocenters. The number of carbonyl (C=O) groups excluding carboxylic acids is 1. The molecule has 37 heavy (non-hydrogen) atoms. The summed E-state index contributed by atoms with van der Waals surface area (Å²) in [6.07, 6.45) is 1.62. The van der Waals surface area contributed by atoms with Crippen molar-refractivity contribution in [1.29, 1.82) is 0 Å². The second-order valence-electron chi connectivity index (χ2n) is 8.72. The van der Waals surface area contributed by atoms with Crippen LogP contribution in [0.3, 0.4) is 0 Å². The Balaban J connectivity index is 0.00000336. The van der Waals surface area contributed by atoms with Gasteiger partial charge in [0.1, 0.15) is 22.9 Å². The first-order valence-corrected chi connectivity index (χ1v) is 12.8. The predicted octanol–water partition coefficient (Wildman–Crippen LogP) is 6.63. The number of aryl methyl sites for hydroxylation is 1. The SMILES string of the molecule is CNC(=O)c1cc(Oc2ccc3c(c2)nc(Nc2ccc(OC(C)C)c(-c4ccsc4)c2)n3C)ccn1.[HH]. The van der Waals surface area contributed by atoms with Crippen LogP contribution in [0.15, 0.2) is 71.6 Å². The van der Waals surface area contributed by atoms with Gasteiger partial charge in [0.25, 0.3) is 5.91 Å². The van der Waals surface area contributed by atoms with Crippen LogP contribution in [0.1, 0.15) is 25.8 Å². The number of thiophene rings is 1. The maximum atomic E-state index is 11.9. The van der Waals surface area contributed by atoms with Crippen LogP contribution >= 0.6 is 11.3 Å². The van der Waals surface area contributed by atoms with E-state index in [1.807, 2.05) is 55.8 Å². The van der Waals surface area contributed by atoms with E-state index in [1.54, 1.807) is 36.7 Å². The third kappa shape index (κ3) is 5.26. The minimum Gasteiger partial charge on any atom is -0.490 e. The van der Waals surface area contributed by atoms with Gasteiger partial charge in [0.15, 0.2) is 0 Å². The van der Waals surface area contributed by atoms with E-state index in [9.17, 15) is 4.79 Å². The maximum absolute atomic E-state index is 11.9. The number of nitrogens with zero attached hydrogens (tertiary/aromatic N) is 3. The number of nitrogens with one attached hydrogen (secondary N) is 2. The van der Waals surface area contributed by atoms with Gasteiger partial charge < -0.3 is 24.7 Å². The van der Waals surface area contributed by atoms with Crippen molar-refractivity contribution in [2.45, 2.75) is 20.0 Å². The van der Waals surface area contributed by atoms with Gasteiger partial charge in [0.05, 0.1) is 17.1 Å². The molecule has 2 aromatic carbocycles. The van der Waals surface area contributed by atoms with E-state index in [0.29, 0.717) is 17.4 Å². The quantitative estimate of drug-likeness (QED) is 0.241. The molecule has 2 N–H and O–H groups in total. The number of aromatic nitrogens is 3. The summed E-state index contributed by atoms with van der Waals surface area (Å²) in [5.74, 6) is 2.41. The van der Waals surface area contributed by atoms with Gasteiger partial charge in [-0.3, -0.25) is 9.78 Å². The highest BCUT2D eigenvalue weighted by Gasteiger charge is 2.14. The van der Waals surface area contributed by atoms with E-state index < -0.39 is 0 Å². The maximum Gasteiger partial charge on any atom is 0.269 e. The Bertz CT molecular complexity index is 1570. The lowest BCUT2D eigenvalue weighted by atomic mass is 10.1. The monoisotopic (exact) mass is 515 g/mol. The van der Waals surface area contributed by atoms with Crippen LogP contribution in [-0.4, -0.2) is 33.6 Å². The molecule has 0 radical (unpaired) electrons. The van der Waals surface area contributed by atoms with Crippen LogP contribution in [0.25, 0.3) is 22.2 Å². The summed E-state index contributed by atoms with van der Waals surface area (Å²) in [5, 5.41) is 10.2. The molecule has 0 spiro atoms. The Hall–Kier alpha value is -4.37. The number of hydrogen-bond donors (Lipinski definition) is 2. The van der Waals surface area contributed by atoms with Gasteiger partial charge in [-0.15, -0.1) is 0 Å². The molecule has 0 aliphatic heterocycles. The molecule has 5 aromatic rings. The molecular formula is C28H29N5O3S. The molecular weight excluding hydrogens is 486 g/mol. The Labute approximate surface area is 220 Å². The van der Waals surface area contributed by atoms with Crippen LogP contribution < -0.4 is 20.1 Å². The summed E-state index contributed by atoms with van der Waals surface area (Å²) in [7, 11) is 3.53. The lowest BCUT2D eigenvalue weighted by Crippen LogP contribution is -2.18. The van der Waals surface area contributed by atoms with Crippen LogP contribution in [0.2, 0.25) is 0 Å². The van der Waals surface area contributed by atoms with Gasteiger partial charge in [-0.25, -0.2) is 4.98 Å². The second kappa shape index (κ2) is 10.3. The number of hydrogen-bond acceptors (Lipinski definition) is 7. The van der Waals surface area contributed by atoms with Crippen molar-refractivity contribution >= 4 is 39.9 Å². The standard InChI is InChI=1S/C28H27N5O3S.H2/c1-17(2)35-26-8-5-19(13-22(26)18-10-12-37-16-18)31-28-32-23-14-20(6-7-25(23)33(28)4)36-21-9-11-30-24(15-21)27(34)29-3;/h5-17H,1-4H3,(H,29,34)(H,31,32);1H. The number of imidazole rings is 1. The minimum atomic E-state index is -0.271. The summed E-state index contributed by atoms with van der Waals surface area (Å²) >= 11 is 1.65. The fraction of sp³-hybridized carbons (Fsp3) is 0.179. The molecule has 0 aliphatic rings. The molecule has 0 saturated carbocycles. The molecule has 0 aliphatic carbocycles. The minimum absolute atomic E-state index is 0. The largest absolute Gasteiger partial charge is 0.490 e. The van der Waals surface area contributed by atoms with Gasteiger partial charge in [0.2, 0.25) is 5.95 Å². The van der Waals surface area contributed by atoms with Crippen molar-refractivity contribution in [3.8, 4) is 28.4 Å². The van der Waals surface area contributed by atoms with Gasteiger partial charge >= 0.3 is 0 Å². The molecule has 0 saturated heterocycles. The third-order valence-corrected chi connectivity index (χ3v) is 6.39. The van der Waals surface area contributed by atoms with E-state index in [-0.39, 0.29) is 19.1 Å². The number of ether oxygens (including phenoxy) is 2. The number of rotatable bonds is 8. The van der Waals surface area contributed by atoms with Crippen molar-refractivity contribution in [1.82, 2.24) is 19.9 Å². The highest BCUT2D eigenvalue weighted by molar-refractivity contribution is 7.08. The molecule has 0 fully saturated rings. The topological polar surface area (TPSA) is 90.3 Å². The molecule has 1 amide bonds. The van der Waals surface area contributed by atoms with Crippen LogP contribution in [-0.2, 0) is 7.05 Å². The van der Waals surface area contributed by atoms with Gasteiger partial charge in [-0.05, 0) is 72.6 Å². The van der Waals surface area contributed by atoms with Gasteiger partial charge in [0, 0.05) is 45.1 Å². The Morgan fingerprint density at radius 3 is 2.68 bits per heavy atom. The van der Waals surface area contributed by atoms with E-state index >= 15 is 0 Å². The summed E-state index contributed by atoms with van der Waals surface area (Å²) in [6, 6.07) is 17.2. The molecule has 190 valence electrons. The zero-order chi connectivity index (χ0) is 25.9. The normalized spacial score (nSPS) is 11.1. The summed E-state index contributed by atoms with van der Waals surface area (Å²) < 4.78 is 14.0. The third-order valence-electron chi connectivity index (χ3n) is 5.71. The number of pyridine rings is 1. The lowest BCUT2D eigenvalue weighted by molar-refractivity contribution is 0.0958. The number of benzene rings is 2. The van der Waals surface area contributed by atoms with E-state index in [2.05, 4.69) is 38.5 Å². The highest BCUT2D eigenvalue weighted by atomic mass is 32.1. The number of anilines is 2. The van der Waals surface area contributed by atoms with E-state index in [0.717, 1.165) is 33.6 Å². The van der Waals surface area contributed by atoms with Gasteiger partial charge in [-0.2, -0.15) is 11.3 Å². The number of carbonyl (C=O) groups is 1. The second-order valence-corrected chi connectivity index (χ2v) is 9.50. The number of fused-ring (bicyclic) bond motifs is 1. The zero-order valence-corrected chi connectivity index (χ0v) is 21.8. The van der Waals surface area contributed by atoms with Crippen LogP contribution in [0.5, 0.6) is 17.2 Å². The molecule has 3 aromatic heterocycles. The smallest absolute Gasteiger partial charge is 0.269 e. The molecule has 5 rings (SSSR count). The molecule has 0 bridgehead atoms. The van der Waals surface area contributed by atoms with Crippen molar-refractivity contribution in [2.75, 3.05) is 12.4 Å². The van der Waals surface area contributed by atoms with Gasteiger partial charge in [-0.1, -0.05) is 0 Å². The first kappa shape index (κ1) is 24.3. The molecule has 9 heteroatoms. The Morgan fingerprint density at radius 1 is 1.08 bits per heavy atom. The predicted molar refractivity (Wildman–Crippen MR) is 149 cm³/mol. The fourth-order valence-electron chi connectivity index (χ4n) is 3.95. The van der Waals surface area contributed by atoms with Crippen molar-refractivity contribution < 1.29 is 15.7 Å². The average molecular weight is 516 g/mol. The summed E-state index contributed by atoms with van der Waals surface area (Å²) in [4.78, 5) is 20.8. The first-order chi connectivity index (χ1) is 17.9. The first-order valence-electron chi connectivity index (χ1n) is 11.8. The molecule has 3 heterocycles. The van der Waals surface area contributed by atoms with Crippen LogP contribution in [0.4, 0.5) is 11.6 Å².